The molecular formula is C16H17ClN2O5. The van der Waals surface area contributed by atoms with Crippen LogP contribution in [0.4, 0.5) is 0 Å². The Kier molecular flexibility index (Phi) is 5.03. The van der Waals surface area contributed by atoms with Gasteiger partial charge >= 0.3 is 0 Å². The molecule has 2 aliphatic heterocycles. The summed E-state index contributed by atoms with van der Waals surface area (Å²) in [5.41, 5.74) is 0.893. The zero-order chi connectivity index (χ0) is 17.1. The fourth-order valence-electron chi connectivity index (χ4n) is 2.37. The molecule has 7 nitrogen and oxygen atoms in total. The molecule has 24 heavy (non-hydrogen) atoms. The average molecular weight is 353 g/mol. The molecule has 1 unspecified atom stereocenters. The zero-order valence-electron chi connectivity index (χ0n) is 13.0. The maximum Gasteiger partial charge on any atom is 0.260 e. The Morgan fingerprint density at radius 3 is 2.96 bits per heavy atom. The summed E-state index contributed by atoms with van der Waals surface area (Å²) in [5.74, 6) is 0.585. The Morgan fingerprint density at radius 2 is 2.17 bits per heavy atom. The van der Waals surface area contributed by atoms with Crippen molar-refractivity contribution in [3.8, 4) is 11.5 Å². The van der Waals surface area contributed by atoms with Crippen LogP contribution in [0.3, 0.4) is 0 Å². The molecule has 0 aromatic heterocycles. The fourth-order valence-corrected chi connectivity index (χ4v) is 2.59. The van der Waals surface area contributed by atoms with E-state index in [-0.39, 0.29) is 11.5 Å². The van der Waals surface area contributed by atoms with Crippen molar-refractivity contribution in [2.75, 3.05) is 20.3 Å². The number of aliphatic hydroxyl groups excluding tert-OH is 1. The number of benzene rings is 1. The molecule has 0 fully saturated rings. The SMILES string of the molecule is COCCCCOc1cc2c(cc1Cl)C=C1C(=O)NC(O)N=C1O2. The summed E-state index contributed by atoms with van der Waals surface area (Å²) in [5, 5.41) is 12.2. The molecule has 1 atom stereocenters. The van der Waals surface area contributed by atoms with Gasteiger partial charge in [0.25, 0.3) is 5.91 Å². The third-order valence-corrected chi connectivity index (χ3v) is 3.84. The van der Waals surface area contributed by atoms with Gasteiger partial charge in [-0.15, -0.1) is 0 Å². The molecule has 0 saturated heterocycles. The number of halogens is 1. The number of carbonyl (C=O) groups excluding carboxylic acids is 1. The Hall–Kier alpha value is -2.09. The molecule has 1 aromatic rings. The van der Waals surface area contributed by atoms with Gasteiger partial charge in [0.15, 0.2) is 0 Å². The molecule has 2 heterocycles. The summed E-state index contributed by atoms with van der Waals surface area (Å²) in [6.07, 6.45) is 2.04. The minimum absolute atomic E-state index is 0.0760. The average Bonchev–Trinajstić information content (AvgIpc) is 2.54. The van der Waals surface area contributed by atoms with E-state index in [1.807, 2.05) is 0 Å². The molecular weight excluding hydrogens is 336 g/mol. The van der Waals surface area contributed by atoms with E-state index >= 15 is 0 Å². The minimum Gasteiger partial charge on any atom is -0.492 e. The van der Waals surface area contributed by atoms with Crippen molar-refractivity contribution in [3.05, 3.63) is 28.3 Å². The first kappa shape index (κ1) is 16.8. The summed E-state index contributed by atoms with van der Waals surface area (Å²) in [6.45, 7) is 1.19. The highest BCUT2D eigenvalue weighted by atomic mass is 35.5. The molecule has 128 valence electrons. The lowest BCUT2D eigenvalue weighted by Gasteiger charge is -2.24. The summed E-state index contributed by atoms with van der Waals surface area (Å²) in [7, 11) is 1.66. The van der Waals surface area contributed by atoms with E-state index < -0.39 is 12.3 Å². The van der Waals surface area contributed by atoms with Crippen LogP contribution in [0.15, 0.2) is 22.7 Å². The van der Waals surface area contributed by atoms with Crippen LogP contribution in [0, 0.1) is 0 Å². The number of carbonyl (C=O) groups is 1. The van der Waals surface area contributed by atoms with E-state index in [4.69, 9.17) is 25.8 Å². The lowest BCUT2D eigenvalue weighted by Crippen LogP contribution is -2.43. The number of methoxy groups -OCH3 is 1. The number of nitrogens with zero attached hydrogens (tertiary/aromatic N) is 1. The van der Waals surface area contributed by atoms with Gasteiger partial charge in [0.2, 0.25) is 12.2 Å². The van der Waals surface area contributed by atoms with Gasteiger partial charge in [-0.2, -0.15) is 4.99 Å². The summed E-state index contributed by atoms with van der Waals surface area (Å²) in [6, 6.07) is 3.33. The maximum absolute atomic E-state index is 11.9. The number of aliphatic hydroxyl groups is 1. The standard InChI is InChI=1S/C16H17ClN2O5/c1-22-4-2-3-5-23-13-8-12-9(7-11(13)17)6-10-14(20)18-16(21)19-15(10)24-12/h6-8,16,21H,2-5H2,1H3,(H,18,20). The number of hydrogen-bond donors (Lipinski definition) is 2. The van der Waals surface area contributed by atoms with Crippen LogP contribution < -0.4 is 14.8 Å². The zero-order valence-corrected chi connectivity index (χ0v) is 13.8. The van der Waals surface area contributed by atoms with Crippen molar-refractivity contribution in [1.82, 2.24) is 5.32 Å². The molecule has 2 N–H and O–H groups in total. The molecule has 8 heteroatoms. The number of ether oxygens (including phenoxy) is 3. The summed E-state index contributed by atoms with van der Waals surface area (Å²) >= 11 is 6.23. The molecule has 2 aliphatic rings. The van der Waals surface area contributed by atoms with Crippen molar-refractivity contribution in [2.24, 2.45) is 4.99 Å². The van der Waals surface area contributed by atoms with Crippen molar-refractivity contribution in [3.63, 3.8) is 0 Å². The first-order valence-electron chi connectivity index (χ1n) is 7.50. The Labute approximate surface area is 143 Å². The van der Waals surface area contributed by atoms with E-state index in [2.05, 4.69) is 10.3 Å². The van der Waals surface area contributed by atoms with Crippen molar-refractivity contribution >= 4 is 29.5 Å². The molecule has 3 rings (SSSR count). The first-order valence-corrected chi connectivity index (χ1v) is 7.88. The Balaban J connectivity index is 1.78. The van der Waals surface area contributed by atoms with Gasteiger partial charge in [-0.05, 0) is 25.0 Å². The van der Waals surface area contributed by atoms with E-state index in [9.17, 15) is 9.90 Å². The van der Waals surface area contributed by atoms with E-state index in [1.54, 1.807) is 25.3 Å². The van der Waals surface area contributed by atoms with E-state index in [0.717, 1.165) is 12.8 Å². The van der Waals surface area contributed by atoms with Crippen LogP contribution in [0.2, 0.25) is 5.02 Å². The second kappa shape index (κ2) is 7.21. The molecule has 0 bridgehead atoms. The molecule has 0 saturated carbocycles. The summed E-state index contributed by atoms with van der Waals surface area (Å²) < 4.78 is 16.3. The largest absolute Gasteiger partial charge is 0.492 e. The Bertz CT molecular complexity index is 717. The lowest BCUT2D eigenvalue weighted by molar-refractivity contribution is -0.120. The predicted octanol–water partition coefficient (Wildman–Crippen LogP) is 1.73. The van der Waals surface area contributed by atoms with Crippen LogP contribution in [-0.2, 0) is 9.53 Å². The molecule has 0 spiro atoms. The number of amides is 1. The highest BCUT2D eigenvalue weighted by molar-refractivity contribution is 6.32. The van der Waals surface area contributed by atoms with Crippen LogP contribution in [0.25, 0.3) is 6.08 Å². The number of fused-ring (bicyclic) bond motifs is 2. The van der Waals surface area contributed by atoms with Crippen molar-refractivity contribution < 1.29 is 24.1 Å². The van der Waals surface area contributed by atoms with Crippen LogP contribution in [0.1, 0.15) is 18.4 Å². The van der Waals surface area contributed by atoms with E-state index in [1.165, 1.54) is 0 Å². The number of unbranched alkanes of at least 4 members (excludes halogenated alkanes) is 1. The van der Waals surface area contributed by atoms with Gasteiger partial charge in [-0.1, -0.05) is 11.6 Å². The van der Waals surface area contributed by atoms with Gasteiger partial charge in [-0.3, -0.25) is 4.79 Å². The van der Waals surface area contributed by atoms with Crippen LogP contribution >= 0.6 is 11.6 Å². The third kappa shape index (κ3) is 3.53. The van der Waals surface area contributed by atoms with Gasteiger partial charge in [0, 0.05) is 25.3 Å². The number of rotatable bonds is 6. The lowest BCUT2D eigenvalue weighted by atomic mass is 10.0. The molecule has 0 aliphatic carbocycles. The second-order valence-corrected chi connectivity index (χ2v) is 5.72. The van der Waals surface area contributed by atoms with Gasteiger partial charge < -0.3 is 24.6 Å². The number of aliphatic imine (C=N–C) groups is 1. The molecule has 1 amide bonds. The van der Waals surface area contributed by atoms with Gasteiger partial charge in [0.05, 0.1) is 11.6 Å². The van der Waals surface area contributed by atoms with Gasteiger partial charge in [-0.25, -0.2) is 0 Å². The topological polar surface area (TPSA) is 89.4 Å². The van der Waals surface area contributed by atoms with Crippen molar-refractivity contribution in [1.29, 1.82) is 0 Å². The normalized spacial score (nSPS) is 18.6. The Morgan fingerprint density at radius 1 is 1.38 bits per heavy atom. The third-order valence-electron chi connectivity index (χ3n) is 3.55. The quantitative estimate of drug-likeness (QED) is 0.761. The highest BCUT2D eigenvalue weighted by Crippen LogP contribution is 2.37. The highest BCUT2D eigenvalue weighted by Gasteiger charge is 2.30. The number of nitrogens with one attached hydrogen (secondary N) is 1. The van der Waals surface area contributed by atoms with Crippen molar-refractivity contribution in [2.45, 2.75) is 19.2 Å². The number of hydrogen-bond acceptors (Lipinski definition) is 6. The smallest absolute Gasteiger partial charge is 0.260 e. The molecule has 1 aromatic carbocycles. The van der Waals surface area contributed by atoms with E-state index in [0.29, 0.717) is 35.3 Å². The van der Waals surface area contributed by atoms with Crippen LogP contribution in [-0.4, -0.2) is 43.6 Å². The minimum atomic E-state index is -1.31. The molecule has 0 radical (unpaired) electrons. The monoisotopic (exact) mass is 352 g/mol. The first-order chi connectivity index (χ1) is 11.6. The van der Waals surface area contributed by atoms with Crippen LogP contribution in [0.5, 0.6) is 11.5 Å². The van der Waals surface area contributed by atoms with Gasteiger partial charge in [0.1, 0.15) is 17.1 Å². The fraction of sp³-hybridized carbons (Fsp3) is 0.375. The summed E-state index contributed by atoms with van der Waals surface area (Å²) in [4.78, 5) is 15.7. The predicted molar refractivity (Wildman–Crippen MR) is 88.2 cm³/mol. The maximum atomic E-state index is 11.9. The second-order valence-electron chi connectivity index (χ2n) is 5.31.